The summed E-state index contributed by atoms with van der Waals surface area (Å²) < 4.78 is 0. The Hall–Kier alpha value is -3.19. The van der Waals surface area contributed by atoms with Crippen molar-refractivity contribution in [1.29, 1.82) is 0 Å². The number of aromatic nitrogens is 1. The first-order valence-corrected chi connectivity index (χ1v) is 11.3. The minimum atomic E-state index is -0.296. The van der Waals surface area contributed by atoms with Gasteiger partial charge >= 0.3 is 6.03 Å². The average molecular weight is 435 g/mol. The standard InChI is InChI=1S/C24H26N4O2S/c1-16-5-3-4-6-20(16)27-24(30)26-19-10-8-18(9-11-19)15-22(29)28-17(2)7-12-21(28)23-25-13-14-31-23/h3-6,8-11,13-14,17,21H,7,12,15H2,1-2H3,(H2,26,27,30). The van der Waals surface area contributed by atoms with Crippen molar-refractivity contribution < 1.29 is 9.59 Å². The number of likely N-dealkylation sites (tertiary alicyclic amines) is 1. The molecule has 1 fully saturated rings. The van der Waals surface area contributed by atoms with Crippen LogP contribution in [-0.2, 0) is 11.2 Å². The second-order valence-corrected chi connectivity index (χ2v) is 8.81. The van der Waals surface area contributed by atoms with Crippen LogP contribution in [0.2, 0.25) is 0 Å². The van der Waals surface area contributed by atoms with E-state index in [2.05, 4.69) is 22.5 Å². The van der Waals surface area contributed by atoms with Gasteiger partial charge in [-0.15, -0.1) is 11.3 Å². The molecule has 2 unspecified atom stereocenters. The number of amides is 3. The van der Waals surface area contributed by atoms with Gasteiger partial charge in [0.2, 0.25) is 5.91 Å². The number of nitrogens with one attached hydrogen (secondary N) is 2. The largest absolute Gasteiger partial charge is 0.330 e. The highest BCUT2D eigenvalue weighted by Crippen LogP contribution is 2.37. The predicted molar refractivity (Wildman–Crippen MR) is 124 cm³/mol. The summed E-state index contributed by atoms with van der Waals surface area (Å²) in [6.07, 6.45) is 4.09. The highest BCUT2D eigenvalue weighted by Gasteiger charge is 2.36. The molecule has 3 amide bonds. The molecule has 2 heterocycles. The molecule has 0 spiro atoms. The number of hydrogen-bond donors (Lipinski definition) is 2. The van der Waals surface area contributed by atoms with Gasteiger partial charge in [0.25, 0.3) is 0 Å². The topological polar surface area (TPSA) is 74.3 Å². The Balaban J connectivity index is 1.36. The third-order valence-electron chi connectivity index (χ3n) is 5.65. The van der Waals surface area contributed by atoms with E-state index in [1.165, 1.54) is 0 Å². The lowest BCUT2D eigenvalue weighted by molar-refractivity contribution is -0.133. The Kier molecular flexibility index (Phi) is 6.32. The van der Waals surface area contributed by atoms with Crippen molar-refractivity contribution in [3.05, 3.63) is 76.2 Å². The predicted octanol–water partition coefficient (Wildman–Crippen LogP) is 5.39. The van der Waals surface area contributed by atoms with Gasteiger partial charge in [-0.05, 0) is 56.0 Å². The molecule has 1 aliphatic heterocycles. The maximum absolute atomic E-state index is 13.1. The molecule has 1 saturated heterocycles. The van der Waals surface area contributed by atoms with Gasteiger partial charge in [-0.1, -0.05) is 30.3 Å². The zero-order valence-electron chi connectivity index (χ0n) is 17.7. The number of thiazole rings is 1. The maximum atomic E-state index is 13.1. The molecule has 2 aromatic carbocycles. The lowest BCUT2D eigenvalue weighted by Crippen LogP contribution is -2.36. The normalized spacial score (nSPS) is 18.1. The monoisotopic (exact) mass is 434 g/mol. The van der Waals surface area contributed by atoms with Crippen molar-refractivity contribution in [2.24, 2.45) is 0 Å². The van der Waals surface area contributed by atoms with Gasteiger partial charge in [-0.2, -0.15) is 0 Å². The number of anilines is 2. The van der Waals surface area contributed by atoms with Gasteiger partial charge in [0.05, 0.1) is 12.5 Å². The van der Waals surface area contributed by atoms with E-state index in [-0.39, 0.29) is 24.0 Å². The molecule has 160 valence electrons. The molecule has 0 saturated carbocycles. The number of carbonyl (C=O) groups excluding carboxylic acids is 2. The van der Waals surface area contributed by atoms with Crippen LogP contribution >= 0.6 is 11.3 Å². The van der Waals surface area contributed by atoms with Crippen molar-refractivity contribution in [2.75, 3.05) is 10.6 Å². The maximum Gasteiger partial charge on any atom is 0.323 e. The number of aryl methyl sites for hydroxylation is 1. The first kappa shape index (κ1) is 21.1. The van der Waals surface area contributed by atoms with Crippen molar-refractivity contribution in [3.63, 3.8) is 0 Å². The fourth-order valence-corrected chi connectivity index (χ4v) is 4.79. The molecular formula is C24H26N4O2S. The average Bonchev–Trinajstić information content (AvgIpc) is 3.41. The summed E-state index contributed by atoms with van der Waals surface area (Å²) >= 11 is 1.61. The summed E-state index contributed by atoms with van der Waals surface area (Å²) in [6.45, 7) is 4.05. The molecule has 0 radical (unpaired) electrons. The summed E-state index contributed by atoms with van der Waals surface area (Å²) in [6, 6.07) is 15.0. The number of rotatable bonds is 5. The van der Waals surface area contributed by atoms with Gasteiger partial charge in [0.15, 0.2) is 0 Å². The smallest absolute Gasteiger partial charge is 0.323 e. The molecule has 6 nitrogen and oxygen atoms in total. The number of para-hydroxylation sites is 1. The van der Waals surface area contributed by atoms with Crippen LogP contribution in [0.1, 0.15) is 41.9 Å². The Morgan fingerprint density at radius 3 is 2.58 bits per heavy atom. The molecule has 4 rings (SSSR count). The molecule has 31 heavy (non-hydrogen) atoms. The fourth-order valence-electron chi connectivity index (χ4n) is 4.02. The zero-order valence-corrected chi connectivity index (χ0v) is 18.5. The number of hydrogen-bond acceptors (Lipinski definition) is 4. The van der Waals surface area contributed by atoms with E-state index in [0.29, 0.717) is 12.1 Å². The molecule has 0 bridgehead atoms. The molecule has 0 aliphatic carbocycles. The summed E-state index contributed by atoms with van der Waals surface area (Å²) in [7, 11) is 0. The fraction of sp³-hybridized carbons (Fsp3) is 0.292. The summed E-state index contributed by atoms with van der Waals surface area (Å²) in [5.41, 5.74) is 3.37. The van der Waals surface area contributed by atoms with Crippen molar-refractivity contribution in [2.45, 2.75) is 45.2 Å². The Labute approximate surface area is 186 Å². The van der Waals surface area contributed by atoms with E-state index < -0.39 is 0 Å². The van der Waals surface area contributed by atoms with E-state index in [9.17, 15) is 9.59 Å². The Morgan fingerprint density at radius 2 is 1.87 bits per heavy atom. The third-order valence-corrected chi connectivity index (χ3v) is 6.53. The molecular weight excluding hydrogens is 408 g/mol. The summed E-state index contributed by atoms with van der Waals surface area (Å²) in [5.74, 6) is 0.114. The number of benzene rings is 2. The van der Waals surface area contributed by atoms with E-state index >= 15 is 0 Å². The summed E-state index contributed by atoms with van der Waals surface area (Å²) in [4.78, 5) is 31.7. The van der Waals surface area contributed by atoms with Crippen LogP contribution in [0.25, 0.3) is 0 Å². The van der Waals surface area contributed by atoms with Crippen molar-refractivity contribution in [3.8, 4) is 0 Å². The van der Waals surface area contributed by atoms with E-state index in [1.54, 1.807) is 17.5 Å². The van der Waals surface area contributed by atoms with Gasteiger partial charge < -0.3 is 15.5 Å². The van der Waals surface area contributed by atoms with Gasteiger partial charge in [-0.25, -0.2) is 9.78 Å². The first-order valence-electron chi connectivity index (χ1n) is 10.4. The molecule has 1 aliphatic rings. The van der Waals surface area contributed by atoms with Crippen LogP contribution in [0, 0.1) is 6.92 Å². The Morgan fingerprint density at radius 1 is 1.10 bits per heavy atom. The lowest BCUT2D eigenvalue weighted by Gasteiger charge is -2.27. The molecule has 3 aromatic rings. The lowest BCUT2D eigenvalue weighted by atomic mass is 10.1. The van der Waals surface area contributed by atoms with Crippen LogP contribution in [0.15, 0.2) is 60.1 Å². The van der Waals surface area contributed by atoms with Gasteiger partial charge in [0, 0.05) is 29.0 Å². The number of nitrogens with zero attached hydrogens (tertiary/aromatic N) is 2. The third kappa shape index (κ3) is 4.94. The minimum absolute atomic E-state index is 0.0774. The highest BCUT2D eigenvalue weighted by atomic mass is 32.1. The van der Waals surface area contributed by atoms with Crippen LogP contribution in [0.3, 0.4) is 0 Å². The second kappa shape index (κ2) is 9.31. The molecule has 2 atom stereocenters. The summed E-state index contributed by atoms with van der Waals surface area (Å²) in [5, 5.41) is 8.65. The van der Waals surface area contributed by atoms with Crippen LogP contribution in [0.5, 0.6) is 0 Å². The molecule has 1 aromatic heterocycles. The molecule has 2 N–H and O–H groups in total. The quantitative estimate of drug-likeness (QED) is 0.565. The zero-order chi connectivity index (χ0) is 21.8. The van der Waals surface area contributed by atoms with Crippen LogP contribution < -0.4 is 10.6 Å². The van der Waals surface area contributed by atoms with Crippen molar-refractivity contribution in [1.82, 2.24) is 9.88 Å². The SMILES string of the molecule is Cc1ccccc1NC(=O)Nc1ccc(CC(=O)N2C(C)CCC2c2nccs2)cc1. The Bertz CT molecular complexity index is 1050. The van der Waals surface area contributed by atoms with Crippen molar-refractivity contribution >= 4 is 34.6 Å². The number of urea groups is 1. The first-order chi connectivity index (χ1) is 15.0. The second-order valence-electron chi connectivity index (χ2n) is 7.88. The van der Waals surface area contributed by atoms with Gasteiger partial charge in [-0.3, -0.25) is 4.79 Å². The van der Waals surface area contributed by atoms with Crippen LogP contribution in [0.4, 0.5) is 16.2 Å². The van der Waals surface area contributed by atoms with Gasteiger partial charge in [0.1, 0.15) is 5.01 Å². The van der Waals surface area contributed by atoms with E-state index in [1.807, 2.05) is 65.7 Å². The molecule has 7 heteroatoms. The van der Waals surface area contributed by atoms with Crippen LogP contribution in [-0.4, -0.2) is 27.9 Å². The number of carbonyl (C=O) groups is 2. The van der Waals surface area contributed by atoms with E-state index in [0.717, 1.165) is 34.7 Å². The van der Waals surface area contributed by atoms with E-state index in [4.69, 9.17) is 0 Å². The highest BCUT2D eigenvalue weighted by molar-refractivity contribution is 7.09. The minimum Gasteiger partial charge on any atom is -0.330 e.